The predicted molar refractivity (Wildman–Crippen MR) is 80.0 cm³/mol. The SMILES string of the molecule is CN(CC(=O)NC(CN)C1CC1)S(=O)(=O)c1ccccc1. The molecule has 0 aliphatic heterocycles. The molecule has 6 nitrogen and oxygen atoms in total. The molecule has 3 N–H and O–H groups in total. The van der Waals surface area contributed by atoms with Crippen molar-refractivity contribution in [1.82, 2.24) is 9.62 Å². The first-order valence-electron chi connectivity index (χ1n) is 6.96. The second-order valence-corrected chi connectivity index (χ2v) is 7.37. The van der Waals surface area contributed by atoms with Gasteiger partial charge in [0.25, 0.3) is 0 Å². The van der Waals surface area contributed by atoms with Crippen molar-refractivity contribution in [2.45, 2.75) is 23.8 Å². The summed E-state index contributed by atoms with van der Waals surface area (Å²) in [5.41, 5.74) is 5.62. The van der Waals surface area contributed by atoms with Crippen molar-refractivity contribution in [2.24, 2.45) is 11.7 Å². The smallest absolute Gasteiger partial charge is 0.243 e. The fourth-order valence-corrected chi connectivity index (χ4v) is 3.33. The van der Waals surface area contributed by atoms with E-state index in [4.69, 9.17) is 5.73 Å². The topological polar surface area (TPSA) is 92.5 Å². The molecule has 0 bridgehead atoms. The van der Waals surface area contributed by atoms with Gasteiger partial charge < -0.3 is 11.1 Å². The van der Waals surface area contributed by atoms with Crippen molar-refractivity contribution >= 4 is 15.9 Å². The van der Waals surface area contributed by atoms with Crippen LogP contribution in [0.2, 0.25) is 0 Å². The summed E-state index contributed by atoms with van der Waals surface area (Å²) in [7, 11) is -2.24. The zero-order valence-electron chi connectivity index (χ0n) is 12.0. The molecule has 1 aromatic carbocycles. The number of carbonyl (C=O) groups excluding carboxylic acids is 1. The Morgan fingerprint density at radius 3 is 2.52 bits per heavy atom. The predicted octanol–water partition coefficient (Wildman–Crippen LogP) is 0.161. The van der Waals surface area contributed by atoms with Crippen LogP contribution >= 0.6 is 0 Å². The zero-order chi connectivity index (χ0) is 15.5. The summed E-state index contributed by atoms with van der Waals surface area (Å²) in [5, 5.41) is 2.81. The minimum Gasteiger partial charge on any atom is -0.351 e. The van der Waals surface area contributed by atoms with E-state index in [0.29, 0.717) is 12.5 Å². The average Bonchev–Trinajstić information content (AvgIpc) is 3.30. The summed E-state index contributed by atoms with van der Waals surface area (Å²) in [6, 6.07) is 8.02. The fraction of sp³-hybridized carbons (Fsp3) is 0.500. The Morgan fingerprint density at radius 1 is 1.38 bits per heavy atom. The lowest BCUT2D eigenvalue weighted by atomic mass is 10.2. The molecule has 0 radical (unpaired) electrons. The van der Waals surface area contributed by atoms with E-state index in [2.05, 4.69) is 5.32 Å². The number of hydrogen-bond acceptors (Lipinski definition) is 4. The van der Waals surface area contributed by atoms with Crippen LogP contribution in [-0.2, 0) is 14.8 Å². The molecule has 1 aliphatic carbocycles. The van der Waals surface area contributed by atoms with Gasteiger partial charge in [0, 0.05) is 19.6 Å². The summed E-state index contributed by atoms with van der Waals surface area (Å²) in [4.78, 5) is 12.1. The quantitative estimate of drug-likeness (QED) is 0.750. The van der Waals surface area contributed by atoms with Gasteiger partial charge in [-0.1, -0.05) is 18.2 Å². The standard InChI is InChI=1S/C14H21N3O3S/c1-17(21(19,20)12-5-3-2-4-6-12)10-14(18)16-13(9-15)11-7-8-11/h2-6,11,13H,7-10,15H2,1H3,(H,16,18). The van der Waals surface area contributed by atoms with Gasteiger partial charge in [0.1, 0.15) is 0 Å². The Labute approximate surface area is 125 Å². The monoisotopic (exact) mass is 311 g/mol. The highest BCUT2D eigenvalue weighted by atomic mass is 32.2. The maximum atomic E-state index is 12.3. The van der Waals surface area contributed by atoms with E-state index in [-0.39, 0.29) is 23.4 Å². The van der Waals surface area contributed by atoms with E-state index in [1.807, 2.05) is 0 Å². The Balaban J connectivity index is 1.97. The van der Waals surface area contributed by atoms with E-state index < -0.39 is 10.0 Å². The van der Waals surface area contributed by atoms with Crippen LogP contribution in [0.1, 0.15) is 12.8 Å². The van der Waals surface area contributed by atoms with Crippen LogP contribution in [0, 0.1) is 5.92 Å². The highest BCUT2D eigenvalue weighted by Gasteiger charge is 2.32. The molecule has 0 saturated heterocycles. The van der Waals surface area contributed by atoms with Crippen molar-refractivity contribution < 1.29 is 13.2 Å². The van der Waals surface area contributed by atoms with Crippen molar-refractivity contribution in [2.75, 3.05) is 20.1 Å². The molecule has 0 spiro atoms. The van der Waals surface area contributed by atoms with E-state index in [1.165, 1.54) is 19.2 Å². The number of rotatable bonds is 7. The molecule has 2 rings (SSSR count). The van der Waals surface area contributed by atoms with Gasteiger partial charge in [-0.2, -0.15) is 4.31 Å². The summed E-state index contributed by atoms with van der Waals surface area (Å²) in [5.74, 6) is 0.120. The Hall–Kier alpha value is -1.44. The molecule has 1 unspecified atom stereocenters. The van der Waals surface area contributed by atoms with Crippen LogP contribution in [0.5, 0.6) is 0 Å². The average molecular weight is 311 g/mol. The molecule has 0 heterocycles. The van der Waals surface area contributed by atoms with Gasteiger partial charge in [-0.05, 0) is 30.9 Å². The summed E-state index contributed by atoms with van der Waals surface area (Å²) < 4.78 is 25.6. The van der Waals surface area contributed by atoms with Gasteiger partial charge in [-0.3, -0.25) is 4.79 Å². The minimum atomic E-state index is -3.64. The molecule has 21 heavy (non-hydrogen) atoms. The lowest BCUT2D eigenvalue weighted by Gasteiger charge is -2.20. The van der Waals surface area contributed by atoms with Crippen molar-refractivity contribution in [3.63, 3.8) is 0 Å². The molecule has 0 aromatic heterocycles. The van der Waals surface area contributed by atoms with Gasteiger partial charge >= 0.3 is 0 Å². The molecular formula is C14H21N3O3S. The van der Waals surface area contributed by atoms with E-state index in [1.54, 1.807) is 18.2 Å². The van der Waals surface area contributed by atoms with E-state index in [9.17, 15) is 13.2 Å². The number of likely N-dealkylation sites (N-methyl/N-ethyl adjacent to an activating group) is 1. The van der Waals surface area contributed by atoms with Gasteiger partial charge in [0.2, 0.25) is 15.9 Å². The maximum Gasteiger partial charge on any atom is 0.243 e. The van der Waals surface area contributed by atoms with Crippen molar-refractivity contribution in [1.29, 1.82) is 0 Å². The molecule has 1 aromatic rings. The van der Waals surface area contributed by atoms with Gasteiger partial charge in [0.15, 0.2) is 0 Å². The Kier molecular flexibility index (Phi) is 4.97. The van der Waals surface area contributed by atoms with E-state index >= 15 is 0 Å². The first kappa shape index (κ1) is 15.9. The molecule has 1 fully saturated rings. The van der Waals surface area contributed by atoms with Crippen LogP contribution in [0.15, 0.2) is 35.2 Å². The van der Waals surface area contributed by atoms with E-state index in [0.717, 1.165) is 17.1 Å². The number of nitrogens with two attached hydrogens (primary N) is 1. The van der Waals surface area contributed by atoms with Gasteiger partial charge in [0.05, 0.1) is 11.4 Å². The molecule has 1 saturated carbocycles. The highest BCUT2D eigenvalue weighted by Crippen LogP contribution is 2.32. The molecule has 1 amide bonds. The lowest BCUT2D eigenvalue weighted by Crippen LogP contribution is -2.46. The Morgan fingerprint density at radius 2 is 2.00 bits per heavy atom. The fourth-order valence-electron chi connectivity index (χ4n) is 2.18. The van der Waals surface area contributed by atoms with Crippen LogP contribution in [0.25, 0.3) is 0 Å². The minimum absolute atomic E-state index is 0.0506. The zero-order valence-corrected chi connectivity index (χ0v) is 12.8. The van der Waals surface area contributed by atoms with Crippen LogP contribution in [0.3, 0.4) is 0 Å². The second kappa shape index (κ2) is 6.55. The number of carbonyl (C=O) groups is 1. The highest BCUT2D eigenvalue weighted by molar-refractivity contribution is 7.89. The molecular weight excluding hydrogens is 290 g/mol. The third kappa shape index (κ3) is 4.03. The normalized spacial score (nSPS) is 16.7. The number of sulfonamides is 1. The first-order chi connectivity index (χ1) is 9.95. The molecule has 7 heteroatoms. The molecule has 1 atom stereocenters. The van der Waals surface area contributed by atoms with Crippen LogP contribution in [0.4, 0.5) is 0 Å². The number of hydrogen-bond donors (Lipinski definition) is 2. The molecule has 1 aliphatic rings. The van der Waals surface area contributed by atoms with Crippen LogP contribution < -0.4 is 11.1 Å². The summed E-state index contributed by atoms with van der Waals surface area (Å²) in [6.45, 7) is 0.173. The number of benzene rings is 1. The molecule has 116 valence electrons. The summed E-state index contributed by atoms with van der Waals surface area (Å²) in [6.07, 6.45) is 2.14. The number of amides is 1. The van der Waals surface area contributed by atoms with Gasteiger partial charge in [-0.25, -0.2) is 8.42 Å². The second-order valence-electron chi connectivity index (χ2n) is 5.32. The summed E-state index contributed by atoms with van der Waals surface area (Å²) >= 11 is 0. The van der Waals surface area contributed by atoms with Crippen molar-refractivity contribution in [3.05, 3.63) is 30.3 Å². The first-order valence-corrected chi connectivity index (χ1v) is 8.40. The maximum absolute atomic E-state index is 12.3. The third-order valence-electron chi connectivity index (χ3n) is 3.61. The third-order valence-corrected chi connectivity index (χ3v) is 5.43. The van der Waals surface area contributed by atoms with Crippen LogP contribution in [-0.4, -0.2) is 44.8 Å². The number of nitrogens with one attached hydrogen (secondary N) is 1. The lowest BCUT2D eigenvalue weighted by molar-refractivity contribution is -0.121. The van der Waals surface area contributed by atoms with Crippen molar-refractivity contribution in [3.8, 4) is 0 Å². The van der Waals surface area contributed by atoms with Gasteiger partial charge in [-0.15, -0.1) is 0 Å². The largest absolute Gasteiger partial charge is 0.351 e. The Bertz CT molecular complexity index is 585. The number of nitrogens with zero attached hydrogens (tertiary/aromatic N) is 1.